The van der Waals surface area contributed by atoms with Crippen LogP contribution >= 0.6 is 0 Å². The van der Waals surface area contributed by atoms with E-state index >= 15 is 0 Å². The quantitative estimate of drug-likeness (QED) is 0.336. The van der Waals surface area contributed by atoms with Crippen LogP contribution in [0.15, 0.2) is 95.1 Å². The molecule has 1 atom stereocenters. The fraction of sp³-hybridized carbons (Fsp3) is 0.143. The lowest BCUT2D eigenvalue weighted by atomic mass is 9.94. The molecule has 0 N–H and O–H groups in total. The molecule has 0 radical (unpaired) electrons. The summed E-state index contributed by atoms with van der Waals surface area (Å²) in [5.74, 6) is 0. The maximum atomic E-state index is 6.67. The minimum Gasteiger partial charge on any atom is -0.455 e. The summed E-state index contributed by atoms with van der Waals surface area (Å²) in [5, 5.41) is 4.82. The second kappa shape index (κ2) is 5.99. The molecule has 2 aliphatic carbocycles. The van der Waals surface area contributed by atoms with E-state index in [-0.39, 0.29) is 0 Å². The Hall–Kier alpha value is -3.52. The molecule has 0 saturated carbocycles. The van der Waals surface area contributed by atoms with Gasteiger partial charge in [0.2, 0.25) is 0 Å². The second-order valence-corrected chi connectivity index (χ2v) is 8.40. The molecule has 2 heteroatoms. The average molecular weight is 387 g/mol. The Bertz CT molecular complexity index is 1480. The number of furan rings is 1. The summed E-state index contributed by atoms with van der Waals surface area (Å²) < 4.78 is 6.67. The van der Waals surface area contributed by atoms with Crippen molar-refractivity contribution in [1.82, 2.24) is 0 Å². The molecule has 2 nitrogen and oxygen atoms in total. The third kappa shape index (κ3) is 2.08. The summed E-state index contributed by atoms with van der Waals surface area (Å²) >= 11 is 0. The van der Waals surface area contributed by atoms with Gasteiger partial charge in [0.25, 0.3) is 0 Å². The molecule has 3 aromatic carbocycles. The van der Waals surface area contributed by atoms with Crippen molar-refractivity contribution in [2.45, 2.75) is 25.3 Å². The highest BCUT2D eigenvalue weighted by Crippen LogP contribution is 2.51. The summed E-state index contributed by atoms with van der Waals surface area (Å²) in [6, 6.07) is 17.8. The maximum absolute atomic E-state index is 6.67. The summed E-state index contributed by atoms with van der Waals surface area (Å²) in [4.78, 5) is 2.55. The van der Waals surface area contributed by atoms with Crippen LogP contribution in [0.2, 0.25) is 0 Å². The van der Waals surface area contributed by atoms with Gasteiger partial charge in [0.05, 0.1) is 11.7 Å². The molecular weight excluding hydrogens is 366 g/mol. The molecule has 3 aliphatic rings. The molecule has 1 aromatic heterocycles. The maximum Gasteiger partial charge on any atom is 0.145 e. The van der Waals surface area contributed by atoms with Crippen molar-refractivity contribution in [1.29, 1.82) is 0 Å². The van der Waals surface area contributed by atoms with Gasteiger partial charge in [0.15, 0.2) is 0 Å². The second-order valence-electron chi connectivity index (χ2n) is 8.40. The van der Waals surface area contributed by atoms with Gasteiger partial charge in [-0.2, -0.15) is 0 Å². The minimum absolute atomic E-state index is 0.360. The van der Waals surface area contributed by atoms with Crippen molar-refractivity contribution in [2.75, 3.05) is 4.90 Å². The normalized spacial score (nSPS) is 20.0. The molecule has 144 valence electrons. The van der Waals surface area contributed by atoms with Crippen LogP contribution in [0.5, 0.6) is 0 Å². The standard InChI is InChI=1S/C28H21NO/c1-2-9-19(10-3-1)29-24-13-7-6-12-23(24)26-25(29)17-16-22-21-15-14-18-8-4-5-11-20(18)27(21)30-28(22)26/h1-2,4-9,11-12,14-17,24H,3,10,13H2. The van der Waals surface area contributed by atoms with Crippen molar-refractivity contribution < 1.29 is 4.42 Å². The smallest absolute Gasteiger partial charge is 0.145 e. The number of allylic oxidation sites excluding steroid dienone is 6. The molecule has 0 amide bonds. The van der Waals surface area contributed by atoms with Crippen molar-refractivity contribution in [3.8, 4) is 0 Å². The lowest BCUT2D eigenvalue weighted by molar-refractivity contribution is 0.671. The van der Waals surface area contributed by atoms with Gasteiger partial charge in [-0.05, 0) is 54.5 Å². The number of nitrogens with zero attached hydrogens (tertiary/aromatic N) is 1. The number of anilines is 1. The van der Waals surface area contributed by atoms with Gasteiger partial charge in [-0.3, -0.25) is 0 Å². The van der Waals surface area contributed by atoms with Gasteiger partial charge in [0, 0.05) is 27.4 Å². The molecule has 0 bridgehead atoms. The number of fused-ring (bicyclic) bond motifs is 9. The first-order valence-electron chi connectivity index (χ1n) is 10.8. The topological polar surface area (TPSA) is 16.4 Å². The van der Waals surface area contributed by atoms with Crippen LogP contribution in [0.3, 0.4) is 0 Å². The summed E-state index contributed by atoms with van der Waals surface area (Å²) in [6.45, 7) is 0. The first kappa shape index (κ1) is 16.3. The van der Waals surface area contributed by atoms with Gasteiger partial charge >= 0.3 is 0 Å². The SMILES string of the molecule is C1=CCCC(N2c3ccc4c(oc5c6ccccc6ccc45)c3C3=CC=CCC32)=C1. The van der Waals surface area contributed by atoms with E-state index < -0.39 is 0 Å². The van der Waals surface area contributed by atoms with E-state index in [1.54, 1.807) is 0 Å². The molecule has 7 rings (SSSR count). The molecule has 4 aromatic rings. The van der Waals surface area contributed by atoms with Crippen molar-refractivity contribution in [2.24, 2.45) is 0 Å². The van der Waals surface area contributed by atoms with Gasteiger partial charge in [-0.15, -0.1) is 0 Å². The molecular formula is C28H21NO. The first-order chi connectivity index (χ1) is 14.9. The zero-order valence-electron chi connectivity index (χ0n) is 16.6. The Morgan fingerprint density at radius 1 is 0.800 bits per heavy atom. The van der Waals surface area contributed by atoms with Gasteiger partial charge in [0.1, 0.15) is 11.2 Å². The predicted octanol–water partition coefficient (Wildman–Crippen LogP) is 7.51. The van der Waals surface area contributed by atoms with Crippen LogP contribution in [0, 0.1) is 0 Å². The fourth-order valence-electron chi connectivity index (χ4n) is 5.46. The van der Waals surface area contributed by atoms with Crippen LogP contribution in [0.25, 0.3) is 38.3 Å². The third-order valence-corrected chi connectivity index (χ3v) is 6.80. The van der Waals surface area contributed by atoms with Crippen LogP contribution in [-0.4, -0.2) is 6.04 Å². The van der Waals surface area contributed by atoms with Crippen LogP contribution in [-0.2, 0) is 0 Å². The molecule has 30 heavy (non-hydrogen) atoms. The highest BCUT2D eigenvalue weighted by atomic mass is 16.3. The predicted molar refractivity (Wildman–Crippen MR) is 126 cm³/mol. The molecule has 0 spiro atoms. The lowest BCUT2D eigenvalue weighted by Gasteiger charge is -2.31. The molecule has 0 fully saturated rings. The molecule has 2 heterocycles. The minimum atomic E-state index is 0.360. The fourth-order valence-corrected chi connectivity index (χ4v) is 5.46. The van der Waals surface area contributed by atoms with E-state index in [4.69, 9.17) is 4.42 Å². The number of rotatable bonds is 1. The average Bonchev–Trinajstić information content (AvgIpc) is 3.35. The zero-order chi connectivity index (χ0) is 19.7. The molecule has 1 aliphatic heterocycles. The van der Waals surface area contributed by atoms with E-state index in [9.17, 15) is 0 Å². The highest BCUT2D eigenvalue weighted by Gasteiger charge is 2.38. The molecule has 1 unspecified atom stereocenters. The summed E-state index contributed by atoms with van der Waals surface area (Å²) in [5.41, 5.74) is 7.38. The summed E-state index contributed by atoms with van der Waals surface area (Å²) in [7, 11) is 0. The number of benzene rings is 3. The van der Waals surface area contributed by atoms with E-state index in [1.807, 2.05) is 0 Å². The van der Waals surface area contributed by atoms with Gasteiger partial charge < -0.3 is 9.32 Å². The Labute approximate surface area is 175 Å². The number of hydrogen-bond donors (Lipinski definition) is 0. The Morgan fingerprint density at radius 3 is 2.60 bits per heavy atom. The van der Waals surface area contributed by atoms with Crippen LogP contribution in [0.1, 0.15) is 24.8 Å². The lowest BCUT2D eigenvalue weighted by Crippen LogP contribution is -2.31. The van der Waals surface area contributed by atoms with Gasteiger partial charge in [-0.25, -0.2) is 0 Å². The third-order valence-electron chi connectivity index (χ3n) is 6.80. The molecule has 0 saturated heterocycles. The van der Waals surface area contributed by atoms with E-state index in [0.29, 0.717) is 6.04 Å². The summed E-state index contributed by atoms with van der Waals surface area (Å²) in [6.07, 6.45) is 16.7. The van der Waals surface area contributed by atoms with E-state index in [2.05, 4.69) is 89.9 Å². The van der Waals surface area contributed by atoms with Crippen LogP contribution in [0.4, 0.5) is 5.69 Å². The van der Waals surface area contributed by atoms with Gasteiger partial charge in [-0.1, -0.05) is 60.7 Å². The zero-order valence-corrected chi connectivity index (χ0v) is 16.6. The Morgan fingerprint density at radius 2 is 1.67 bits per heavy atom. The van der Waals surface area contributed by atoms with E-state index in [0.717, 1.165) is 30.4 Å². The Kier molecular flexibility index (Phi) is 3.25. The largest absolute Gasteiger partial charge is 0.455 e. The van der Waals surface area contributed by atoms with Crippen molar-refractivity contribution in [3.05, 3.63) is 96.2 Å². The first-order valence-corrected chi connectivity index (χ1v) is 10.8. The van der Waals surface area contributed by atoms with Crippen molar-refractivity contribution >= 4 is 44.0 Å². The van der Waals surface area contributed by atoms with Crippen molar-refractivity contribution in [3.63, 3.8) is 0 Å². The highest BCUT2D eigenvalue weighted by molar-refractivity contribution is 6.18. The monoisotopic (exact) mass is 387 g/mol. The Balaban J connectivity index is 1.57. The number of hydrogen-bond acceptors (Lipinski definition) is 2. The van der Waals surface area contributed by atoms with E-state index in [1.165, 1.54) is 44.1 Å². The van der Waals surface area contributed by atoms with Crippen LogP contribution < -0.4 is 4.90 Å².